The van der Waals surface area contributed by atoms with Crippen molar-refractivity contribution >= 4 is 9.84 Å². The zero-order valence-electron chi connectivity index (χ0n) is 14.0. The fraction of sp³-hybridized carbons (Fsp3) is 0.647. The summed E-state index contributed by atoms with van der Waals surface area (Å²) in [6.45, 7) is 4.60. The Morgan fingerprint density at radius 2 is 1.87 bits per heavy atom. The number of benzene rings is 1. The highest BCUT2D eigenvalue weighted by atomic mass is 32.2. The van der Waals surface area contributed by atoms with Crippen molar-refractivity contribution in [1.82, 2.24) is 10.2 Å². The van der Waals surface area contributed by atoms with E-state index in [0.29, 0.717) is 12.6 Å². The normalized spacial score (nSPS) is 18.9. The summed E-state index contributed by atoms with van der Waals surface area (Å²) in [7, 11) is -2.89. The van der Waals surface area contributed by atoms with Gasteiger partial charge in [0.05, 0.1) is 5.75 Å². The van der Waals surface area contributed by atoms with Gasteiger partial charge in [0.2, 0.25) is 0 Å². The molecule has 1 aromatic carbocycles. The van der Waals surface area contributed by atoms with Crippen molar-refractivity contribution in [2.24, 2.45) is 0 Å². The molecule has 1 aliphatic rings. The maximum atomic E-state index is 13.0. The highest BCUT2D eigenvalue weighted by Crippen LogP contribution is 2.20. The monoisotopic (exact) mass is 342 g/mol. The molecular formula is C17H27FN2O2S. The van der Waals surface area contributed by atoms with Crippen molar-refractivity contribution in [1.29, 1.82) is 0 Å². The zero-order valence-corrected chi connectivity index (χ0v) is 14.8. The van der Waals surface area contributed by atoms with E-state index in [-0.39, 0.29) is 17.6 Å². The molecule has 0 radical (unpaired) electrons. The average molecular weight is 342 g/mol. The number of rotatable bonds is 7. The number of hydrogen-bond acceptors (Lipinski definition) is 4. The molecule has 2 rings (SSSR count). The summed E-state index contributed by atoms with van der Waals surface area (Å²) in [5.74, 6) is 0.0286. The van der Waals surface area contributed by atoms with Crippen molar-refractivity contribution in [3.05, 3.63) is 35.6 Å². The Morgan fingerprint density at radius 3 is 2.39 bits per heavy atom. The molecule has 0 saturated carbocycles. The minimum atomic E-state index is -2.89. The highest BCUT2D eigenvalue weighted by Gasteiger charge is 2.22. The molecule has 4 nitrogen and oxygen atoms in total. The van der Waals surface area contributed by atoms with Crippen LogP contribution >= 0.6 is 0 Å². The van der Waals surface area contributed by atoms with Crippen molar-refractivity contribution in [3.8, 4) is 0 Å². The van der Waals surface area contributed by atoms with E-state index < -0.39 is 9.84 Å². The van der Waals surface area contributed by atoms with Gasteiger partial charge in [-0.2, -0.15) is 0 Å². The van der Waals surface area contributed by atoms with Crippen LogP contribution in [0.4, 0.5) is 4.39 Å². The van der Waals surface area contributed by atoms with Crippen LogP contribution < -0.4 is 5.32 Å². The van der Waals surface area contributed by atoms with E-state index in [1.54, 1.807) is 0 Å². The first-order chi connectivity index (χ1) is 10.9. The predicted molar refractivity (Wildman–Crippen MR) is 91.7 cm³/mol. The molecule has 0 aliphatic carbocycles. The van der Waals surface area contributed by atoms with E-state index in [1.165, 1.54) is 18.4 Å². The standard InChI is InChI=1S/C17H27FN2O2S/c1-3-17(14-4-6-15(18)7-5-14)19-16-8-10-20(11-9-16)12-13-23(2,21)22/h4-7,16-17,19H,3,8-13H2,1-2H3/t17-/m0/s1. The minimum Gasteiger partial charge on any atom is -0.307 e. The lowest BCUT2D eigenvalue weighted by atomic mass is 9.99. The smallest absolute Gasteiger partial charge is 0.148 e. The fourth-order valence-electron chi connectivity index (χ4n) is 3.05. The summed E-state index contributed by atoms with van der Waals surface area (Å²) in [5, 5.41) is 3.67. The second kappa shape index (κ2) is 8.22. The first-order valence-corrected chi connectivity index (χ1v) is 10.3. The third kappa shape index (κ3) is 6.20. The molecule has 23 heavy (non-hydrogen) atoms. The van der Waals surface area contributed by atoms with Crippen molar-refractivity contribution < 1.29 is 12.8 Å². The number of piperidine rings is 1. The highest BCUT2D eigenvalue weighted by molar-refractivity contribution is 7.90. The molecule has 0 aromatic heterocycles. The maximum absolute atomic E-state index is 13.0. The summed E-state index contributed by atoms with van der Waals surface area (Å²) in [5.41, 5.74) is 1.12. The van der Waals surface area contributed by atoms with Crippen molar-refractivity contribution in [2.75, 3.05) is 31.6 Å². The molecule has 0 unspecified atom stereocenters. The van der Waals surface area contributed by atoms with Gasteiger partial charge in [-0.3, -0.25) is 0 Å². The third-order valence-corrected chi connectivity index (χ3v) is 5.41. The predicted octanol–water partition coefficient (Wildman–Crippen LogP) is 2.38. The van der Waals surface area contributed by atoms with Gasteiger partial charge in [-0.05, 0) is 50.0 Å². The van der Waals surface area contributed by atoms with Crippen LogP contribution in [-0.2, 0) is 9.84 Å². The zero-order chi connectivity index (χ0) is 16.9. The topological polar surface area (TPSA) is 49.4 Å². The van der Waals surface area contributed by atoms with E-state index in [1.807, 2.05) is 12.1 Å². The first kappa shape index (κ1) is 18.4. The van der Waals surface area contributed by atoms with Crippen LogP contribution in [0, 0.1) is 5.82 Å². The molecule has 1 aliphatic heterocycles. The molecule has 6 heteroatoms. The van der Waals surface area contributed by atoms with Gasteiger partial charge in [-0.1, -0.05) is 19.1 Å². The van der Waals surface area contributed by atoms with Gasteiger partial charge in [0.15, 0.2) is 0 Å². The van der Waals surface area contributed by atoms with E-state index in [4.69, 9.17) is 0 Å². The molecule has 1 aromatic rings. The Kier molecular flexibility index (Phi) is 6.56. The summed E-state index contributed by atoms with van der Waals surface area (Å²) in [6.07, 6.45) is 4.28. The van der Waals surface area contributed by atoms with Crippen LogP contribution in [0.1, 0.15) is 37.8 Å². The summed E-state index contributed by atoms with van der Waals surface area (Å²) in [6, 6.07) is 7.37. The lowest BCUT2D eigenvalue weighted by Gasteiger charge is -2.34. The lowest BCUT2D eigenvalue weighted by molar-refractivity contribution is 0.198. The summed E-state index contributed by atoms with van der Waals surface area (Å²) >= 11 is 0. The molecule has 1 fully saturated rings. The van der Waals surface area contributed by atoms with E-state index in [9.17, 15) is 12.8 Å². The van der Waals surface area contributed by atoms with Gasteiger partial charge in [0.1, 0.15) is 15.7 Å². The number of nitrogens with zero attached hydrogens (tertiary/aromatic N) is 1. The van der Waals surface area contributed by atoms with Crippen LogP contribution in [0.15, 0.2) is 24.3 Å². The number of nitrogens with one attached hydrogen (secondary N) is 1. The Bertz CT molecular complexity index is 581. The van der Waals surface area contributed by atoms with Crippen LogP contribution in [0.2, 0.25) is 0 Å². The maximum Gasteiger partial charge on any atom is 0.148 e. The Balaban J connectivity index is 1.81. The van der Waals surface area contributed by atoms with Gasteiger partial charge in [0.25, 0.3) is 0 Å². The van der Waals surface area contributed by atoms with Crippen LogP contribution in [0.3, 0.4) is 0 Å². The second-order valence-corrected chi connectivity index (χ2v) is 8.68. The molecule has 1 heterocycles. The SMILES string of the molecule is CC[C@H](NC1CCN(CCS(C)(=O)=O)CC1)c1ccc(F)cc1. The van der Waals surface area contributed by atoms with Crippen molar-refractivity contribution in [2.45, 2.75) is 38.3 Å². The number of likely N-dealkylation sites (tertiary alicyclic amines) is 1. The van der Waals surface area contributed by atoms with Gasteiger partial charge in [0, 0.05) is 24.9 Å². The lowest BCUT2D eigenvalue weighted by Crippen LogP contribution is -2.44. The first-order valence-electron chi connectivity index (χ1n) is 8.29. The Labute approximate surface area is 139 Å². The quantitative estimate of drug-likeness (QED) is 0.826. The van der Waals surface area contributed by atoms with Crippen molar-refractivity contribution in [3.63, 3.8) is 0 Å². The molecule has 0 amide bonds. The van der Waals surface area contributed by atoms with Gasteiger partial charge < -0.3 is 10.2 Å². The van der Waals surface area contributed by atoms with Gasteiger partial charge in [-0.15, -0.1) is 0 Å². The molecule has 0 spiro atoms. The molecule has 0 bridgehead atoms. The summed E-state index contributed by atoms with van der Waals surface area (Å²) < 4.78 is 35.5. The summed E-state index contributed by atoms with van der Waals surface area (Å²) in [4.78, 5) is 2.22. The number of halogens is 1. The van der Waals surface area contributed by atoms with E-state index >= 15 is 0 Å². The molecule has 1 saturated heterocycles. The molecule has 130 valence electrons. The fourth-order valence-corrected chi connectivity index (χ4v) is 3.64. The van der Waals surface area contributed by atoms with Gasteiger partial charge >= 0.3 is 0 Å². The largest absolute Gasteiger partial charge is 0.307 e. The second-order valence-electron chi connectivity index (χ2n) is 6.42. The van der Waals surface area contributed by atoms with Gasteiger partial charge in [-0.25, -0.2) is 12.8 Å². The third-order valence-electron chi connectivity index (χ3n) is 4.48. The molecule has 1 atom stereocenters. The van der Waals surface area contributed by atoms with Crippen LogP contribution in [-0.4, -0.2) is 51.0 Å². The Hall–Kier alpha value is -0.980. The average Bonchev–Trinajstić information content (AvgIpc) is 2.52. The minimum absolute atomic E-state index is 0.206. The van der Waals surface area contributed by atoms with E-state index in [2.05, 4.69) is 17.1 Å². The number of hydrogen-bond donors (Lipinski definition) is 1. The van der Waals surface area contributed by atoms with Crippen LogP contribution in [0.5, 0.6) is 0 Å². The van der Waals surface area contributed by atoms with Crippen LogP contribution in [0.25, 0.3) is 0 Å². The molecule has 1 N–H and O–H groups in total. The van der Waals surface area contributed by atoms with E-state index in [0.717, 1.165) is 37.9 Å². The molecular weight excluding hydrogens is 315 g/mol. The number of sulfone groups is 1. The Morgan fingerprint density at radius 1 is 1.26 bits per heavy atom.